The van der Waals surface area contributed by atoms with E-state index in [2.05, 4.69) is 278 Å². The van der Waals surface area contributed by atoms with Crippen LogP contribution in [0, 0.1) is 0 Å². The molecule has 0 aliphatic heterocycles. The van der Waals surface area contributed by atoms with Crippen LogP contribution in [0.4, 0.5) is 17.1 Å². The van der Waals surface area contributed by atoms with Crippen molar-refractivity contribution < 1.29 is 0 Å². The summed E-state index contributed by atoms with van der Waals surface area (Å²) >= 11 is 0. The molecule has 0 saturated carbocycles. The second-order valence-corrected chi connectivity index (χ2v) is 16.5. The molecule has 0 atom stereocenters. The van der Waals surface area contributed by atoms with E-state index in [1.165, 1.54) is 72.0 Å². The largest absolute Gasteiger partial charge is 0.309 e. The lowest BCUT2D eigenvalue weighted by molar-refractivity contribution is 1.28. The van der Waals surface area contributed by atoms with Gasteiger partial charge in [-0.05, 0) is 108 Å². The summed E-state index contributed by atoms with van der Waals surface area (Å²) in [5.74, 6) is 0. The van der Waals surface area contributed by atoms with E-state index in [0.717, 1.165) is 33.8 Å². The fraction of sp³-hybridized carbons (Fsp3) is 0. The minimum absolute atomic E-state index is 1.07. The second kappa shape index (κ2) is 17.7. The number of benzene rings is 11. The zero-order valence-electron chi connectivity index (χ0n) is 35.9. The molecule has 0 saturated heterocycles. The molecule has 0 radical (unpaired) electrons. The van der Waals surface area contributed by atoms with Crippen molar-refractivity contribution in [1.29, 1.82) is 0 Å². The Morgan fingerprint density at radius 2 is 0.523 bits per heavy atom. The normalized spacial score (nSPS) is 11.1. The second-order valence-electron chi connectivity index (χ2n) is 16.5. The number of hydrogen-bond donors (Lipinski definition) is 0. The van der Waals surface area contributed by atoms with Crippen molar-refractivity contribution in [2.45, 2.75) is 0 Å². The average molecular weight is 828 g/mol. The Morgan fingerprint density at radius 1 is 0.185 bits per heavy atom. The predicted octanol–water partition coefficient (Wildman–Crippen LogP) is 18.0. The van der Waals surface area contributed by atoms with Crippen molar-refractivity contribution in [2.24, 2.45) is 0 Å². The molecular weight excluding hydrogens is 783 g/mol. The first kappa shape index (κ1) is 39.3. The third kappa shape index (κ3) is 7.93. The zero-order valence-corrected chi connectivity index (χ0v) is 35.9. The first-order valence-electron chi connectivity index (χ1n) is 22.3. The molecule has 0 unspecified atom stereocenters. The van der Waals surface area contributed by atoms with Gasteiger partial charge in [0, 0.05) is 16.8 Å². The minimum Gasteiger partial charge on any atom is -0.309 e. The highest BCUT2D eigenvalue weighted by atomic mass is 15.1. The van der Waals surface area contributed by atoms with Gasteiger partial charge in [0.05, 0.1) is 11.4 Å². The lowest BCUT2D eigenvalue weighted by atomic mass is 9.88. The fourth-order valence-corrected chi connectivity index (χ4v) is 9.26. The van der Waals surface area contributed by atoms with Gasteiger partial charge in [0.25, 0.3) is 0 Å². The molecule has 11 aromatic carbocycles. The number of nitrogens with zero attached hydrogens (tertiary/aromatic N) is 1. The van der Waals surface area contributed by atoms with Gasteiger partial charge in [0.2, 0.25) is 0 Å². The zero-order chi connectivity index (χ0) is 43.4. The van der Waals surface area contributed by atoms with Crippen LogP contribution in [-0.2, 0) is 0 Å². The van der Waals surface area contributed by atoms with E-state index in [0.29, 0.717) is 0 Å². The van der Waals surface area contributed by atoms with Gasteiger partial charge in [-0.15, -0.1) is 0 Å². The van der Waals surface area contributed by atoms with Gasteiger partial charge in [-0.1, -0.05) is 243 Å². The van der Waals surface area contributed by atoms with E-state index in [4.69, 9.17) is 0 Å². The topological polar surface area (TPSA) is 3.24 Å². The Balaban J connectivity index is 1.03. The van der Waals surface area contributed by atoms with Gasteiger partial charge >= 0.3 is 0 Å². The monoisotopic (exact) mass is 827 g/mol. The third-order valence-electron chi connectivity index (χ3n) is 12.5. The van der Waals surface area contributed by atoms with Gasteiger partial charge in [-0.2, -0.15) is 0 Å². The lowest BCUT2D eigenvalue weighted by Crippen LogP contribution is -2.12. The molecule has 1 heteroatoms. The summed E-state index contributed by atoms with van der Waals surface area (Å²) in [5, 5.41) is 2.51. The molecule has 11 aromatic rings. The highest BCUT2D eigenvalue weighted by molar-refractivity contribution is 5.99. The summed E-state index contributed by atoms with van der Waals surface area (Å²) in [4.78, 5) is 2.45. The maximum atomic E-state index is 2.45. The van der Waals surface area contributed by atoms with Crippen LogP contribution < -0.4 is 4.90 Å². The van der Waals surface area contributed by atoms with Crippen molar-refractivity contribution in [3.05, 3.63) is 273 Å². The van der Waals surface area contributed by atoms with Crippen molar-refractivity contribution in [3.63, 3.8) is 0 Å². The maximum Gasteiger partial charge on any atom is 0.0540 e. The Kier molecular flexibility index (Phi) is 10.7. The van der Waals surface area contributed by atoms with E-state index in [1.807, 2.05) is 0 Å². The molecule has 0 heterocycles. The molecule has 0 aliphatic rings. The van der Waals surface area contributed by atoms with Crippen LogP contribution in [0.2, 0.25) is 0 Å². The predicted molar refractivity (Wildman–Crippen MR) is 277 cm³/mol. The summed E-state index contributed by atoms with van der Waals surface area (Å²) in [7, 11) is 0. The maximum absolute atomic E-state index is 2.45. The number of fused-ring (bicyclic) bond motifs is 1. The Hall–Kier alpha value is -8.52. The van der Waals surface area contributed by atoms with E-state index in [9.17, 15) is 0 Å². The molecule has 0 aromatic heterocycles. The number of hydrogen-bond acceptors (Lipinski definition) is 1. The smallest absolute Gasteiger partial charge is 0.0540 e. The molecule has 0 N–H and O–H groups in total. The van der Waals surface area contributed by atoms with Gasteiger partial charge in [-0.3, -0.25) is 0 Å². The van der Waals surface area contributed by atoms with Crippen LogP contribution in [0.1, 0.15) is 0 Å². The molecule has 0 bridgehead atoms. The minimum atomic E-state index is 1.07. The Morgan fingerprint density at radius 3 is 1.12 bits per heavy atom. The quantitative estimate of drug-likeness (QED) is 0.133. The lowest BCUT2D eigenvalue weighted by Gasteiger charge is -2.30. The Labute approximate surface area is 381 Å². The molecule has 0 aliphatic carbocycles. The number of anilines is 3. The van der Waals surface area contributed by atoms with Gasteiger partial charge in [0.15, 0.2) is 0 Å². The van der Waals surface area contributed by atoms with Crippen LogP contribution in [0.3, 0.4) is 0 Å². The highest BCUT2D eigenvalue weighted by Gasteiger charge is 2.22. The van der Waals surface area contributed by atoms with Gasteiger partial charge in [0.1, 0.15) is 0 Å². The molecule has 65 heavy (non-hydrogen) atoms. The van der Waals surface area contributed by atoms with Crippen molar-refractivity contribution in [1.82, 2.24) is 0 Å². The standard InChI is InChI=1S/C64H45N/c1-3-17-46(18-4-1)48-35-38-53(39-36-48)58-24-13-15-29-63(58)65(56-43-41-50(42-44-56)49-31-33-51(34-32-49)55-40-37-47-19-7-8-22-54(47)45-55)64-30-16-14-28-62(64)61-27-12-11-26-60(61)59-25-10-9-23-57(59)52-20-5-2-6-21-52/h1-45H. The van der Waals surface area contributed by atoms with E-state index >= 15 is 0 Å². The van der Waals surface area contributed by atoms with E-state index in [-0.39, 0.29) is 0 Å². The summed E-state index contributed by atoms with van der Waals surface area (Å²) in [6.45, 7) is 0. The Bertz CT molecular complexity index is 3390. The fourth-order valence-electron chi connectivity index (χ4n) is 9.26. The molecule has 1 nitrogen and oxygen atoms in total. The number of para-hydroxylation sites is 2. The van der Waals surface area contributed by atoms with E-state index < -0.39 is 0 Å². The molecule has 11 rings (SSSR count). The third-order valence-corrected chi connectivity index (χ3v) is 12.5. The summed E-state index contributed by atoms with van der Waals surface area (Å²) < 4.78 is 0. The average Bonchev–Trinajstić information content (AvgIpc) is 3.40. The van der Waals surface area contributed by atoms with Crippen LogP contribution in [0.25, 0.3) is 88.7 Å². The van der Waals surface area contributed by atoms with Crippen LogP contribution in [0.5, 0.6) is 0 Å². The molecule has 0 amide bonds. The SMILES string of the molecule is c1ccc(-c2ccc(-c3ccccc3N(c3ccc(-c4ccc(-c5ccc6ccccc6c5)cc4)cc3)c3ccccc3-c3ccccc3-c3ccccc3-c3ccccc3)cc2)cc1. The molecule has 306 valence electrons. The van der Waals surface area contributed by atoms with E-state index in [1.54, 1.807) is 0 Å². The number of rotatable bonds is 10. The van der Waals surface area contributed by atoms with Crippen LogP contribution >= 0.6 is 0 Å². The summed E-state index contributed by atoms with van der Waals surface area (Å²) in [5.41, 5.74) is 19.9. The van der Waals surface area contributed by atoms with Crippen molar-refractivity contribution >= 4 is 27.8 Å². The van der Waals surface area contributed by atoms with Crippen LogP contribution in [-0.4, -0.2) is 0 Å². The van der Waals surface area contributed by atoms with Gasteiger partial charge < -0.3 is 4.90 Å². The highest BCUT2D eigenvalue weighted by Crippen LogP contribution is 2.47. The molecule has 0 fully saturated rings. The van der Waals surface area contributed by atoms with Gasteiger partial charge in [-0.25, -0.2) is 0 Å². The first-order valence-corrected chi connectivity index (χ1v) is 22.3. The molecule has 0 spiro atoms. The first-order chi connectivity index (χ1) is 32.2. The van der Waals surface area contributed by atoms with Crippen LogP contribution in [0.15, 0.2) is 273 Å². The van der Waals surface area contributed by atoms with Crippen molar-refractivity contribution in [3.8, 4) is 77.9 Å². The molecular formula is C64H45N. The summed E-state index contributed by atoms with van der Waals surface area (Å²) in [6.07, 6.45) is 0. The van der Waals surface area contributed by atoms with Crippen molar-refractivity contribution in [2.75, 3.05) is 4.90 Å². The summed E-state index contributed by atoms with van der Waals surface area (Å²) in [6, 6.07) is 98.9.